The third kappa shape index (κ3) is 6.98. The maximum absolute atomic E-state index is 10.7. The number of hydrogen-bond acceptors (Lipinski definition) is 8. The fourth-order valence-corrected chi connectivity index (χ4v) is 4.44. The van der Waals surface area contributed by atoms with Gasteiger partial charge in [0.25, 0.3) is 0 Å². The minimum absolute atomic E-state index is 0.274. The fraction of sp³-hybridized carbons (Fsp3) is 0.379. The molecule has 0 spiro atoms. The van der Waals surface area contributed by atoms with Gasteiger partial charge in [-0.2, -0.15) is 10.2 Å². The molecular weight excluding hydrogens is 470 g/mol. The van der Waals surface area contributed by atoms with E-state index in [-0.39, 0.29) is 5.92 Å². The van der Waals surface area contributed by atoms with Gasteiger partial charge in [0.2, 0.25) is 11.8 Å². The maximum atomic E-state index is 10.7. The highest BCUT2D eigenvalue weighted by Crippen LogP contribution is 2.61. The molecule has 3 atom stereocenters. The number of hydrogen-bond donors (Lipinski definition) is 2. The van der Waals surface area contributed by atoms with Crippen LogP contribution in [-0.4, -0.2) is 68.7 Å². The molecule has 2 aliphatic rings. The predicted molar refractivity (Wildman–Crippen MR) is 143 cm³/mol. The number of ether oxygens (including phenoxy) is 3. The van der Waals surface area contributed by atoms with E-state index in [1.807, 2.05) is 74.6 Å². The standard InChI is InChI=1S/C19H18N2O4.C6H6.C3H9N.CH4O/c1-23-15-9-14-16(18(21-15)24-2)17-13(22)7-8-19(17,25-14)12-5-3-11(10-20)4-6-12;1-2-4-6-5-3-1;1-4(2)3;1-2/h3-6,9,13,17,22H,7-8H2,1-2H3;1-6H;1-3H3;2H,1H3/t13-,17?,19+;;;/m0.../s1. The second-order valence-electron chi connectivity index (χ2n) is 8.85. The Morgan fingerprint density at radius 2 is 1.54 bits per heavy atom. The third-order valence-electron chi connectivity index (χ3n) is 5.84. The summed E-state index contributed by atoms with van der Waals surface area (Å²) < 4.78 is 17.1. The van der Waals surface area contributed by atoms with E-state index < -0.39 is 11.7 Å². The molecule has 0 radical (unpaired) electrons. The van der Waals surface area contributed by atoms with Crippen LogP contribution in [0.1, 0.15) is 35.4 Å². The minimum atomic E-state index is -0.683. The van der Waals surface area contributed by atoms with E-state index >= 15 is 0 Å². The molecule has 3 aromatic rings. The topological polar surface area (TPSA) is 108 Å². The average molecular weight is 508 g/mol. The van der Waals surface area contributed by atoms with E-state index in [4.69, 9.17) is 24.6 Å². The van der Waals surface area contributed by atoms with Gasteiger partial charge in [0.05, 0.1) is 43.4 Å². The second-order valence-corrected chi connectivity index (χ2v) is 8.85. The van der Waals surface area contributed by atoms with E-state index in [0.29, 0.717) is 35.9 Å². The number of nitriles is 1. The van der Waals surface area contributed by atoms with Crippen molar-refractivity contribution in [1.29, 1.82) is 5.26 Å². The lowest BCUT2D eigenvalue weighted by Gasteiger charge is -2.30. The molecular formula is C29H37N3O5. The number of pyridine rings is 1. The van der Waals surface area contributed by atoms with Crippen LogP contribution in [0.15, 0.2) is 66.7 Å². The zero-order chi connectivity index (χ0) is 27.4. The van der Waals surface area contributed by atoms with E-state index in [2.05, 4.69) is 11.1 Å². The molecule has 2 heterocycles. The highest BCUT2D eigenvalue weighted by Gasteiger charge is 2.58. The van der Waals surface area contributed by atoms with Crippen LogP contribution in [0.25, 0.3) is 0 Å². The van der Waals surface area contributed by atoms with Gasteiger partial charge in [-0.15, -0.1) is 0 Å². The number of aromatic nitrogens is 1. The summed E-state index contributed by atoms with van der Waals surface area (Å²) in [6.07, 6.45) is 0.741. The van der Waals surface area contributed by atoms with Crippen LogP contribution >= 0.6 is 0 Å². The first kappa shape index (κ1) is 29.6. The number of rotatable bonds is 3. The molecule has 1 fully saturated rings. The molecule has 198 valence electrons. The summed E-state index contributed by atoms with van der Waals surface area (Å²) in [5.74, 6) is 1.16. The molecule has 0 amide bonds. The van der Waals surface area contributed by atoms with E-state index in [1.54, 1.807) is 25.3 Å². The Kier molecular flexibility index (Phi) is 11.3. The van der Waals surface area contributed by atoms with Crippen molar-refractivity contribution < 1.29 is 24.4 Å². The quantitative estimate of drug-likeness (QED) is 0.548. The van der Waals surface area contributed by atoms with Gasteiger partial charge in [0.1, 0.15) is 11.4 Å². The van der Waals surface area contributed by atoms with E-state index in [1.165, 1.54) is 7.11 Å². The smallest absolute Gasteiger partial charge is 0.223 e. The Hall–Kier alpha value is -3.64. The first-order valence-electron chi connectivity index (χ1n) is 11.9. The minimum Gasteiger partial charge on any atom is -0.481 e. The summed E-state index contributed by atoms with van der Waals surface area (Å²) >= 11 is 0. The number of methoxy groups -OCH3 is 2. The Balaban J connectivity index is 0.000000335. The molecule has 37 heavy (non-hydrogen) atoms. The van der Waals surface area contributed by atoms with Crippen LogP contribution in [0.3, 0.4) is 0 Å². The summed E-state index contributed by atoms with van der Waals surface area (Å²) in [5.41, 5.74) is 1.62. The Bertz CT molecular complexity index is 1100. The normalized spacial score (nSPS) is 20.2. The fourth-order valence-electron chi connectivity index (χ4n) is 4.44. The lowest BCUT2D eigenvalue weighted by atomic mass is 9.81. The van der Waals surface area contributed by atoms with Gasteiger partial charge in [0.15, 0.2) is 0 Å². The molecule has 5 rings (SSSR count). The van der Waals surface area contributed by atoms with Crippen molar-refractivity contribution in [2.24, 2.45) is 0 Å². The van der Waals surface area contributed by atoms with Gasteiger partial charge in [-0.3, -0.25) is 0 Å². The summed E-state index contributed by atoms with van der Waals surface area (Å²) in [6.45, 7) is 0. The van der Waals surface area contributed by atoms with Crippen molar-refractivity contribution in [1.82, 2.24) is 9.88 Å². The van der Waals surface area contributed by atoms with Crippen LogP contribution in [-0.2, 0) is 5.60 Å². The zero-order valence-corrected chi connectivity index (χ0v) is 22.4. The SMILES string of the molecule is CN(C)C.CO.COc1cc2c(c(OC)n1)C1[C@@H](O)CC[C@]1(c1ccc(C#N)cc1)O2.c1ccccc1. The molecule has 1 aliphatic heterocycles. The Labute approximate surface area is 219 Å². The molecule has 0 saturated heterocycles. The first-order chi connectivity index (χ1) is 17.9. The lowest BCUT2D eigenvalue weighted by molar-refractivity contribution is 0.0587. The monoisotopic (exact) mass is 507 g/mol. The largest absolute Gasteiger partial charge is 0.481 e. The van der Waals surface area contributed by atoms with Gasteiger partial charge in [0, 0.05) is 13.2 Å². The zero-order valence-electron chi connectivity index (χ0n) is 22.4. The molecule has 1 unspecified atom stereocenters. The summed E-state index contributed by atoms with van der Waals surface area (Å²) in [6, 6.07) is 23.2. The highest BCUT2D eigenvalue weighted by atomic mass is 16.5. The molecule has 1 aliphatic carbocycles. The first-order valence-corrected chi connectivity index (χ1v) is 11.9. The van der Waals surface area contributed by atoms with Gasteiger partial charge >= 0.3 is 0 Å². The van der Waals surface area contributed by atoms with Crippen LogP contribution in [0.2, 0.25) is 0 Å². The molecule has 8 heteroatoms. The molecule has 1 saturated carbocycles. The average Bonchev–Trinajstić information content (AvgIpc) is 3.45. The van der Waals surface area contributed by atoms with Crippen LogP contribution in [0.5, 0.6) is 17.5 Å². The summed E-state index contributed by atoms with van der Waals surface area (Å²) in [4.78, 5) is 6.35. The van der Waals surface area contributed by atoms with Crippen molar-refractivity contribution in [2.45, 2.75) is 30.5 Å². The molecule has 2 aromatic carbocycles. The van der Waals surface area contributed by atoms with Crippen molar-refractivity contribution in [3.8, 4) is 23.6 Å². The van der Waals surface area contributed by atoms with Crippen LogP contribution in [0, 0.1) is 11.3 Å². The number of aliphatic hydroxyl groups is 2. The number of nitrogens with zero attached hydrogens (tertiary/aromatic N) is 3. The van der Waals surface area contributed by atoms with Crippen molar-refractivity contribution in [3.05, 3.63) is 83.4 Å². The van der Waals surface area contributed by atoms with Gasteiger partial charge in [-0.1, -0.05) is 48.5 Å². The highest BCUT2D eigenvalue weighted by molar-refractivity contribution is 5.55. The molecule has 2 N–H and O–H groups in total. The number of aliphatic hydroxyl groups excluding tert-OH is 2. The van der Waals surface area contributed by atoms with Gasteiger partial charge in [-0.05, 0) is 51.7 Å². The van der Waals surface area contributed by atoms with Crippen molar-refractivity contribution >= 4 is 0 Å². The Morgan fingerprint density at radius 3 is 2.00 bits per heavy atom. The molecule has 0 bridgehead atoms. The Morgan fingerprint density at radius 1 is 1.00 bits per heavy atom. The lowest BCUT2D eigenvalue weighted by Crippen LogP contribution is -2.33. The van der Waals surface area contributed by atoms with Gasteiger partial charge in [-0.25, -0.2) is 0 Å². The van der Waals surface area contributed by atoms with Crippen LogP contribution in [0.4, 0.5) is 0 Å². The summed E-state index contributed by atoms with van der Waals surface area (Å²) in [7, 11) is 10.1. The van der Waals surface area contributed by atoms with E-state index in [9.17, 15) is 5.11 Å². The van der Waals surface area contributed by atoms with Crippen molar-refractivity contribution in [2.75, 3.05) is 42.5 Å². The summed E-state index contributed by atoms with van der Waals surface area (Å²) in [5, 5.41) is 26.7. The molecule has 8 nitrogen and oxygen atoms in total. The third-order valence-corrected chi connectivity index (χ3v) is 5.84. The predicted octanol–water partition coefficient (Wildman–Crippen LogP) is 3.97. The molecule has 1 aromatic heterocycles. The second kappa shape index (κ2) is 14.2. The van der Waals surface area contributed by atoms with Crippen LogP contribution < -0.4 is 14.2 Å². The van der Waals surface area contributed by atoms with E-state index in [0.717, 1.165) is 18.2 Å². The maximum Gasteiger partial charge on any atom is 0.223 e. The number of benzene rings is 2. The van der Waals surface area contributed by atoms with Gasteiger partial charge < -0.3 is 29.3 Å². The number of fused-ring (bicyclic) bond motifs is 3. The van der Waals surface area contributed by atoms with Crippen molar-refractivity contribution in [3.63, 3.8) is 0 Å².